The molecule has 0 fully saturated rings. The van der Waals surface area contributed by atoms with Gasteiger partial charge in [-0.15, -0.1) is 11.3 Å². The van der Waals surface area contributed by atoms with E-state index in [0.717, 1.165) is 4.88 Å². The third-order valence-electron chi connectivity index (χ3n) is 1.05. The van der Waals surface area contributed by atoms with E-state index in [4.69, 9.17) is 10.0 Å². The predicted molar refractivity (Wildman–Crippen MR) is 38.9 cm³/mol. The summed E-state index contributed by atoms with van der Waals surface area (Å²) in [4.78, 5) is 1.10. The van der Waals surface area contributed by atoms with Gasteiger partial charge in [0, 0.05) is 42.6 Å². The van der Waals surface area contributed by atoms with Gasteiger partial charge in [0.1, 0.15) is 0 Å². The van der Waals surface area contributed by atoms with Crippen LogP contribution in [0.3, 0.4) is 0 Å². The first-order valence-corrected chi connectivity index (χ1v) is 3.49. The summed E-state index contributed by atoms with van der Waals surface area (Å²) in [6.45, 7) is 1.93. The van der Waals surface area contributed by atoms with Crippen molar-refractivity contribution >= 4 is 23.9 Å². The molecule has 0 aliphatic carbocycles. The first-order chi connectivity index (χ1) is 4.20. The maximum absolute atomic E-state index is 8.60. The van der Waals surface area contributed by atoms with Gasteiger partial charge in [-0.3, -0.25) is 0 Å². The van der Waals surface area contributed by atoms with Crippen molar-refractivity contribution in [3.8, 4) is 0 Å². The molecule has 2 nitrogen and oxygen atoms in total. The first-order valence-electron chi connectivity index (χ1n) is 2.61. The topological polar surface area (TPSA) is 40.5 Å². The van der Waals surface area contributed by atoms with E-state index in [1.165, 1.54) is 11.3 Å². The van der Waals surface area contributed by atoms with Crippen LogP contribution in [0.4, 0.5) is 0 Å². The Balaban J connectivity index is 0.000000810. The Morgan fingerprint density at radius 2 is 2.10 bits per heavy atom. The quantitative estimate of drug-likeness (QED) is 0.587. The van der Waals surface area contributed by atoms with Crippen molar-refractivity contribution in [1.29, 1.82) is 0 Å². The van der Waals surface area contributed by atoms with Crippen molar-refractivity contribution in [3.05, 3.63) is 16.3 Å². The van der Waals surface area contributed by atoms with Gasteiger partial charge in [0.2, 0.25) is 0 Å². The van der Waals surface area contributed by atoms with Crippen molar-refractivity contribution in [1.82, 2.24) is 0 Å². The molecule has 1 aromatic heterocycles. The van der Waals surface area contributed by atoms with Gasteiger partial charge in [-0.2, -0.15) is 0 Å². The molecule has 1 heterocycles. The van der Waals surface area contributed by atoms with Gasteiger partial charge < -0.3 is 10.0 Å². The summed E-state index contributed by atoms with van der Waals surface area (Å²) in [5.74, 6) is 0. The second-order valence-electron chi connectivity index (χ2n) is 1.86. The van der Waals surface area contributed by atoms with E-state index in [-0.39, 0.29) is 37.7 Å². The van der Waals surface area contributed by atoms with E-state index in [1.807, 2.05) is 6.92 Å². The molecule has 0 bridgehead atoms. The van der Waals surface area contributed by atoms with E-state index >= 15 is 0 Å². The Morgan fingerprint density at radius 3 is 2.30 bits per heavy atom. The van der Waals surface area contributed by atoms with Crippen LogP contribution in [-0.4, -0.2) is 17.2 Å². The molecule has 0 spiro atoms. The smallest absolute Gasteiger partial charge is 0.423 e. The molecule has 56 valence electrons. The van der Waals surface area contributed by atoms with Crippen molar-refractivity contribution in [2.75, 3.05) is 0 Å². The maximum Gasteiger partial charge on any atom is 0.489 e. The van der Waals surface area contributed by atoms with E-state index in [9.17, 15) is 0 Å². The van der Waals surface area contributed by atoms with Crippen LogP contribution in [0.5, 0.6) is 0 Å². The molecule has 0 aliphatic heterocycles. The van der Waals surface area contributed by atoms with Crippen LogP contribution in [0, 0.1) is 44.7 Å². The molecule has 0 radical (unpaired) electrons. The minimum absolute atomic E-state index is 0. The number of hydrogen-bond acceptors (Lipinski definition) is 3. The molecule has 0 unspecified atom stereocenters. The minimum Gasteiger partial charge on any atom is -0.423 e. The molecule has 0 atom stereocenters. The van der Waals surface area contributed by atoms with Gasteiger partial charge in [-0.25, -0.2) is 0 Å². The van der Waals surface area contributed by atoms with Gasteiger partial charge in [-0.1, -0.05) is 0 Å². The Morgan fingerprint density at radius 1 is 1.50 bits per heavy atom. The fourth-order valence-electron chi connectivity index (χ4n) is 0.599. The summed E-state index contributed by atoms with van der Waals surface area (Å²) in [5, 5.41) is 18.9. The first kappa shape index (κ1) is 10.9. The normalized spacial score (nSPS) is 8.70. The van der Waals surface area contributed by atoms with Crippen molar-refractivity contribution in [3.63, 3.8) is 0 Å². The fourth-order valence-corrected chi connectivity index (χ4v) is 1.31. The van der Waals surface area contributed by atoms with Crippen LogP contribution in [-0.2, 0) is 0 Å². The fraction of sp³-hybridized carbons (Fsp3) is 0.200. The number of thiophene rings is 1. The summed E-state index contributed by atoms with van der Waals surface area (Å²) >= 11 is 1.51. The van der Waals surface area contributed by atoms with E-state index in [1.54, 1.807) is 11.4 Å². The molecule has 10 heavy (non-hydrogen) atoms. The van der Waals surface area contributed by atoms with Gasteiger partial charge in [0.15, 0.2) is 0 Å². The number of rotatable bonds is 1. The average molecular weight is 182 g/mol. The molecule has 2 N–H and O–H groups in total. The van der Waals surface area contributed by atoms with Crippen LogP contribution in [0.1, 0.15) is 4.88 Å². The maximum atomic E-state index is 8.60. The number of hydrogen-bond donors (Lipinski definition) is 2. The molecular weight excluding hydrogens is 175 g/mol. The Hall–Kier alpha value is 0.945. The Labute approximate surface area is 94.0 Å². The summed E-state index contributed by atoms with van der Waals surface area (Å²) in [5.41, 5.74) is 0.581. The molecule has 5 heteroatoms. The zero-order chi connectivity index (χ0) is 6.85. The van der Waals surface area contributed by atoms with Gasteiger partial charge in [-0.05, 0) is 23.8 Å². The molecule has 0 saturated heterocycles. The minimum atomic E-state index is -1.31. The summed E-state index contributed by atoms with van der Waals surface area (Å²) in [6.07, 6.45) is 0. The van der Waals surface area contributed by atoms with E-state index in [2.05, 4.69) is 0 Å². The van der Waals surface area contributed by atoms with Gasteiger partial charge >= 0.3 is 7.12 Å². The SMILES string of the molecule is Cc1cc(B(O)O)cs1.[Ar]. The molecule has 1 aromatic rings. The van der Waals surface area contributed by atoms with Crippen molar-refractivity contribution in [2.45, 2.75) is 6.92 Å². The van der Waals surface area contributed by atoms with Crippen molar-refractivity contribution < 1.29 is 47.8 Å². The molecule has 0 amide bonds. The molecule has 0 aromatic carbocycles. The predicted octanol–water partition coefficient (Wildman–Crippen LogP) is -0.264. The average Bonchev–Trinajstić information content (AvgIpc) is 2.14. The van der Waals surface area contributed by atoms with E-state index in [0.29, 0.717) is 5.46 Å². The monoisotopic (exact) mass is 182 g/mol. The molecular formula is C5H7ArBO2S. The van der Waals surface area contributed by atoms with Crippen LogP contribution < -0.4 is 5.46 Å². The third kappa shape index (κ3) is 2.90. The standard InChI is InChI=1S/C5H7BO2S.Ar/c1-4-2-5(3-9-4)6(7)8;/h2-3,7-8H,1H3;. The molecule has 0 saturated carbocycles. The molecule has 0 aliphatic rings. The van der Waals surface area contributed by atoms with Crippen LogP contribution in [0.15, 0.2) is 11.4 Å². The van der Waals surface area contributed by atoms with Crippen LogP contribution >= 0.6 is 11.3 Å². The zero-order valence-electron chi connectivity index (χ0n) is 5.39. The van der Waals surface area contributed by atoms with Crippen LogP contribution in [0.2, 0.25) is 0 Å². The second kappa shape index (κ2) is 4.75. The summed E-state index contributed by atoms with van der Waals surface area (Å²) < 4.78 is 0. The van der Waals surface area contributed by atoms with Crippen LogP contribution in [0.25, 0.3) is 0 Å². The summed E-state index contributed by atoms with van der Waals surface area (Å²) in [6, 6.07) is 1.76. The molecule has 1 rings (SSSR count). The second-order valence-corrected chi connectivity index (χ2v) is 2.98. The summed E-state index contributed by atoms with van der Waals surface area (Å²) in [7, 11) is -1.31. The van der Waals surface area contributed by atoms with Gasteiger partial charge in [0.05, 0.1) is 0 Å². The van der Waals surface area contributed by atoms with Gasteiger partial charge in [0.25, 0.3) is 0 Å². The number of aryl methyl sites for hydroxylation is 1. The largest absolute Gasteiger partial charge is 0.489 e. The Kier molecular flexibility index (Phi) is 5.20. The third-order valence-corrected chi connectivity index (χ3v) is 1.93. The van der Waals surface area contributed by atoms with E-state index < -0.39 is 7.12 Å². The Bertz CT molecular complexity index is 201. The van der Waals surface area contributed by atoms with Crippen molar-refractivity contribution in [2.24, 2.45) is 0 Å². The zero-order valence-corrected chi connectivity index (χ0v) is 6.91.